The van der Waals surface area contributed by atoms with Crippen molar-refractivity contribution in [3.8, 4) is 0 Å². The van der Waals surface area contributed by atoms with Crippen molar-refractivity contribution in [1.29, 1.82) is 0 Å². The fraction of sp³-hybridized carbons (Fsp3) is 0.143. The van der Waals surface area contributed by atoms with E-state index in [1.807, 2.05) is 24.3 Å². The maximum absolute atomic E-state index is 11.7. The van der Waals surface area contributed by atoms with Gasteiger partial charge < -0.3 is 5.32 Å². The number of benzene rings is 1. The Hall–Kier alpha value is -1.87. The summed E-state index contributed by atoms with van der Waals surface area (Å²) in [5.41, 5.74) is 1.63. The van der Waals surface area contributed by atoms with Crippen molar-refractivity contribution in [2.75, 3.05) is 5.32 Å². The fourth-order valence-corrected chi connectivity index (χ4v) is 1.77. The number of rotatable bonds is 4. The molecule has 0 fully saturated rings. The monoisotopic (exact) mass is 260 g/mol. The summed E-state index contributed by atoms with van der Waals surface area (Å²) in [6.07, 6.45) is 2.76. The predicted molar refractivity (Wildman–Crippen MR) is 72.6 cm³/mol. The van der Waals surface area contributed by atoms with Crippen LogP contribution in [0.1, 0.15) is 12.1 Å². The zero-order valence-corrected chi connectivity index (χ0v) is 10.5. The second-order valence-electron chi connectivity index (χ2n) is 3.88. The predicted octanol–water partition coefficient (Wildman–Crippen LogP) is 3.31. The van der Waals surface area contributed by atoms with Crippen LogP contribution < -0.4 is 5.32 Å². The van der Waals surface area contributed by atoms with Crippen LogP contribution in [0.25, 0.3) is 0 Å². The van der Waals surface area contributed by atoms with Gasteiger partial charge in [0.2, 0.25) is 5.91 Å². The topological polar surface area (TPSA) is 42.0 Å². The second-order valence-corrected chi connectivity index (χ2v) is 4.32. The number of pyridine rings is 1. The van der Waals surface area contributed by atoms with E-state index in [0.717, 1.165) is 5.69 Å². The minimum atomic E-state index is -0.0390. The lowest BCUT2D eigenvalue weighted by molar-refractivity contribution is -0.116. The van der Waals surface area contributed by atoms with Gasteiger partial charge in [-0.25, -0.2) is 0 Å². The molecule has 0 aliphatic carbocycles. The van der Waals surface area contributed by atoms with E-state index in [0.29, 0.717) is 23.6 Å². The molecule has 1 amide bonds. The number of amides is 1. The maximum Gasteiger partial charge on any atom is 0.224 e. The number of nitrogens with zero attached hydrogens (tertiary/aromatic N) is 1. The number of aromatic nitrogens is 1. The molecule has 0 atom stereocenters. The standard InChI is InChI=1S/C14H13ClN2O/c15-11-4-3-6-13(10-11)17-14(18)8-7-12-5-1-2-9-16-12/h1-6,9-10H,7-8H2,(H,17,18). The average Bonchev–Trinajstić information content (AvgIpc) is 2.38. The molecule has 18 heavy (non-hydrogen) atoms. The number of aryl methyl sites for hydroxylation is 1. The highest BCUT2D eigenvalue weighted by Crippen LogP contribution is 2.15. The van der Waals surface area contributed by atoms with E-state index in [9.17, 15) is 4.79 Å². The highest BCUT2D eigenvalue weighted by molar-refractivity contribution is 6.30. The summed E-state index contributed by atoms with van der Waals surface area (Å²) in [6, 6.07) is 12.8. The van der Waals surface area contributed by atoms with E-state index < -0.39 is 0 Å². The van der Waals surface area contributed by atoms with Crippen LogP contribution in [0.3, 0.4) is 0 Å². The number of nitrogens with one attached hydrogen (secondary N) is 1. The van der Waals surface area contributed by atoms with Gasteiger partial charge in [0.05, 0.1) is 0 Å². The number of halogens is 1. The van der Waals surface area contributed by atoms with Crippen molar-refractivity contribution in [3.63, 3.8) is 0 Å². The van der Waals surface area contributed by atoms with Gasteiger partial charge in [0.15, 0.2) is 0 Å². The molecule has 4 heteroatoms. The molecule has 1 aromatic heterocycles. The smallest absolute Gasteiger partial charge is 0.224 e. The van der Waals surface area contributed by atoms with Gasteiger partial charge in [-0.3, -0.25) is 9.78 Å². The number of carbonyl (C=O) groups is 1. The van der Waals surface area contributed by atoms with Gasteiger partial charge in [-0.1, -0.05) is 23.7 Å². The van der Waals surface area contributed by atoms with E-state index in [4.69, 9.17) is 11.6 Å². The number of carbonyl (C=O) groups excluding carboxylic acids is 1. The molecule has 0 bridgehead atoms. The molecule has 2 rings (SSSR count). The van der Waals surface area contributed by atoms with Gasteiger partial charge >= 0.3 is 0 Å². The quantitative estimate of drug-likeness (QED) is 0.916. The Balaban J connectivity index is 1.86. The Morgan fingerprint density at radius 3 is 2.83 bits per heavy atom. The van der Waals surface area contributed by atoms with Crippen molar-refractivity contribution in [1.82, 2.24) is 4.98 Å². The first-order valence-corrected chi connectivity index (χ1v) is 6.07. The summed E-state index contributed by atoms with van der Waals surface area (Å²) in [7, 11) is 0. The van der Waals surface area contributed by atoms with Gasteiger partial charge in [0.25, 0.3) is 0 Å². The van der Waals surface area contributed by atoms with Gasteiger partial charge in [-0.2, -0.15) is 0 Å². The Labute approximate surface area is 111 Å². The first kappa shape index (κ1) is 12.6. The molecule has 0 radical (unpaired) electrons. The Bertz CT molecular complexity index is 528. The van der Waals surface area contributed by atoms with Crippen LogP contribution in [-0.4, -0.2) is 10.9 Å². The SMILES string of the molecule is O=C(CCc1ccccn1)Nc1cccc(Cl)c1. The minimum absolute atomic E-state index is 0.0390. The third-order valence-corrected chi connectivity index (χ3v) is 2.68. The fourth-order valence-electron chi connectivity index (χ4n) is 1.58. The van der Waals surface area contributed by atoms with Gasteiger partial charge in [0.1, 0.15) is 0 Å². The zero-order valence-electron chi connectivity index (χ0n) is 9.77. The summed E-state index contributed by atoms with van der Waals surface area (Å²) in [4.78, 5) is 15.9. The Morgan fingerprint density at radius 1 is 1.22 bits per heavy atom. The highest BCUT2D eigenvalue weighted by atomic mass is 35.5. The highest BCUT2D eigenvalue weighted by Gasteiger charge is 2.03. The third kappa shape index (κ3) is 3.86. The van der Waals surface area contributed by atoms with Crippen LogP contribution in [0.15, 0.2) is 48.7 Å². The zero-order chi connectivity index (χ0) is 12.8. The normalized spacial score (nSPS) is 10.1. The van der Waals surface area contributed by atoms with E-state index in [1.165, 1.54) is 0 Å². The van der Waals surface area contributed by atoms with Crippen molar-refractivity contribution in [2.24, 2.45) is 0 Å². The van der Waals surface area contributed by atoms with E-state index in [-0.39, 0.29) is 5.91 Å². The van der Waals surface area contributed by atoms with Crippen molar-refractivity contribution in [2.45, 2.75) is 12.8 Å². The van der Waals surface area contributed by atoms with Crippen LogP contribution in [0.2, 0.25) is 5.02 Å². The van der Waals surface area contributed by atoms with E-state index >= 15 is 0 Å². The molecule has 2 aromatic rings. The lowest BCUT2D eigenvalue weighted by Crippen LogP contribution is -2.12. The van der Waals surface area contributed by atoms with Crippen LogP contribution in [0.4, 0.5) is 5.69 Å². The molecular formula is C14H13ClN2O. The third-order valence-electron chi connectivity index (χ3n) is 2.44. The summed E-state index contributed by atoms with van der Waals surface area (Å²) < 4.78 is 0. The van der Waals surface area contributed by atoms with Gasteiger partial charge in [0, 0.05) is 29.0 Å². The average molecular weight is 261 g/mol. The molecule has 1 N–H and O–H groups in total. The molecule has 0 saturated heterocycles. The number of hydrogen-bond acceptors (Lipinski definition) is 2. The Morgan fingerprint density at radius 2 is 2.11 bits per heavy atom. The first-order valence-electron chi connectivity index (χ1n) is 5.69. The molecule has 0 aliphatic heterocycles. The Kier molecular flexibility index (Phi) is 4.31. The number of anilines is 1. The summed E-state index contributed by atoms with van der Waals surface area (Å²) in [5.74, 6) is -0.0390. The molecule has 1 aromatic carbocycles. The second kappa shape index (κ2) is 6.17. The summed E-state index contributed by atoms with van der Waals surface area (Å²) in [6.45, 7) is 0. The molecule has 0 aliphatic rings. The van der Waals surface area contributed by atoms with Crippen molar-refractivity contribution in [3.05, 3.63) is 59.4 Å². The summed E-state index contributed by atoms with van der Waals surface area (Å²) >= 11 is 5.84. The van der Waals surface area contributed by atoms with Crippen molar-refractivity contribution < 1.29 is 4.79 Å². The number of hydrogen-bond donors (Lipinski definition) is 1. The molecule has 0 saturated carbocycles. The maximum atomic E-state index is 11.7. The van der Waals surface area contributed by atoms with Gasteiger partial charge in [-0.15, -0.1) is 0 Å². The summed E-state index contributed by atoms with van der Waals surface area (Å²) in [5, 5.41) is 3.41. The molecule has 1 heterocycles. The molecular weight excluding hydrogens is 248 g/mol. The lowest BCUT2D eigenvalue weighted by atomic mass is 10.2. The van der Waals surface area contributed by atoms with Crippen LogP contribution in [-0.2, 0) is 11.2 Å². The van der Waals surface area contributed by atoms with E-state index in [1.54, 1.807) is 24.4 Å². The van der Waals surface area contributed by atoms with Gasteiger partial charge in [-0.05, 0) is 36.8 Å². The molecule has 3 nitrogen and oxygen atoms in total. The van der Waals surface area contributed by atoms with E-state index in [2.05, 4.69) is 10.3 Å². The van der Waals surface area contributed by atoms with Crippen LogP contribution in [0, 0.1) is 0 Å². The molecule has 0 spiro atoms. The minimum Gasteiger partial charge on any atom is -0.326 e. The van der Waals surface area contributed by atoms with Crippen LogP contribution >= 0.6 is 11.6 Å². The first-order chi connectivity index (χ1) is 8.74. The van der Waals surface area contributed by atoms with Crippen molar-refractivity contribution >= 4 is 23.2 Å². The molecule has 0 unspecified atom stereocenters. The van der Waals surface area contributed by atoms with Crippen LogP contribution in [0.5, 0.6) is 0 Å². The lowest BCUT2D eigenvalue weighted by Gasteiger charge is -2.05. The molecule has 92 valence electrons. The largest absolute Gasteiger partial charge is 0.326 e.